The Hall–Kier alpha value is -1.43. The number of aromatic nitrogens is 2. The molecule has 0 aliphatic carbocycles. The Balaban J connectivity index is 2.18. The van der Waals surface area contributed by atoms with Crippen LogP contribution in [0.15, 0.2) is 10.9 Å². The summed E-state index contributed by atoms with van der Waals surface area (Å²) in [6, 6.07) is -0.206. The van der Waals surface area contributed by atoms with E-state index in [0.29, 0.717) is 18.9 Å². The highest BCUT2D eigenvalue weighted by Crippen LogP contribution is 1.91. The van der Waals surface area contributed by atoms with Gasteiger partial charge in [-0.1, -0.05) is 5.16 Å². The molecule has 0 spiro atoms. The van der Waals surface area contributed by atoms with Gasteiger partial charge in [0.1, 0.15) is 0 Å². The minimum absolute atomic E-state index is 0.0319. The molecule has 0 saturated carbocycles. The molecule has 0 aliphatic heterocycles. The van der Waals surface area contributed by atoms with Crippen LogP contribution in [0.4, 0.5) is 0 Å². The molecule has 1 aromatic heterocycles. The van der Waals surface area contributed by atoms with Crippen LogP contribution in [0.25, 0.3) is 0 Å². The highest BCUT2D eigenvalue weighted by Gasteiger charge is 2.09. The third-order valence-electron chi connectivity index (χ3n) is 1.84. The van der Waals surface area contributed by atoms with Crippen LogP contribution in [0.1, 0.15) is 12.8 Å². The Bertz CT molecular complexity index is 273. The van der Waals surface area contributed by atoms with Gasteiger partial charge in [0.15, 0.2) is 6.33 Å². The van der Waals surface area contributed by atoms with Crippen molar-refractivity contribution in [3.05, 3.63) is 12.2 Å². The number of rotatable bonds is 5. The number of likely N-dealkylation sites (N-methyl/N-ethyl adjacent to an activating group) is 1. The fraction of sp³-hybridized carbons (Fsp3) is 0.625. The van der Waals surface area contributed by atoms with Crippen molar-refractivity contribution in [2.45, 2.75) is 19.4 Å². The minimum atomic E-state index is -0.206. The van der Waals surface area contributed by atoms with Crippen LogP contribution in [0.5, 0.6) is 0 Å². The molecule has 1 unspecified atom stereocenters. The zero-order valence-corrected chi connectivity index (χ0v) is 8.28. The fourth-order valence-electron chi connectivity index (χ4n) is 1.01. The van der Waals surface area contributed by atoms with Crippen molar-refractivity contribution >= 4 is 5.91 Å². The topological polar surface area (TPSA) is 80.0 Å². The minimum Gasteiger partial charge on any atom is -0.358 e. The van der Waals surface area contributed by atoms with E-state index in [-0.39, 0.29) is 11.9 Å². The molecule has 78 valence electrons. The van der Waals surface area contributed by atoms with Gasteiger partial charge in [-0.05, 0) is 6.92 Å². The molecular weight excluding hydrogens is 184 g/mol. The fourth-order valence-corrected chi connectivity index (χ4v) is 1.01. The van der Waals surface area contributed by atoms with Gasteiger partial charge in [0.25, 0.3) is 0 Å². The van der Waals surface area contributed by atoms with Gasteiger partial charge in [0, 0.05) is 20.0 Å². The number of nitrogens with one attached hydrogen (secondary N) is 2. The lowest BCUT2D eigenvalue weighted by molar-refractivity contribution is -0.122. The van der Waals surface area contributed by atoms with Gasteiger partial charge in [-0.3, -0.25) is 4.79 Å². The van der Waals surface area contributed by atoms with E-state index < -0.39 is 0 Å². The molecule has 0 saturated heterocycles. The molecule has 1 heterocycles. The number of hydrogen-bond donors (Lipinski definition) is 2. The second kappa shape index (κ2) is 5.33. The summed E-state index contributed by atoms with van der Waals surface area (Å²) in [6.45, 7) is 2.43. The number of hydrogen-bond acceptors (Lipinski definition) is 5. The molecule has 6 heteroatoms. The van der Waals surface area contributed by atoms with Gasteiger partial charge in [-0.25, -0.2) is 0 Å². The molecule has 6 nitrogen and oxygen atoms in total. The number of carbonyl (C=O) groups is 1. The van der Waals surface area contributed by atoms with Crippen molar-refractivity contribution in [2.75, 3.05) is 13.6 Å². The number of nitrogens with zero attached hydrogens (tertiary/aromatic N) is 2. The summed E-state index contributed by atoms with van der Waals surface area (Å²) in [7, 11) is 1.61. The lowest BCUT2D eigenvalue weighted by Gasteiger charge is -2.10. The highest BCUT2D eigenvalue weighted by molar-refractivity contribution is 5.80. The maximum Gasteiger partial charge on any atom is 0.236 e. The van der Waals surface area contributed by atoms with Gasteiger partial charge in [0.2, 0.25) is 11.8 Å². The second-order valence-corrected chi connectivity index (χ2v) is 2.88. The first kappa shape index (κ1) is 10.6. The summed E-state index contributed by atoms with van der Waals surface area (Å²) in [4.78, 5) is 14.9. The van der Waals surface area contributed by atoms with Crippen LogP contribution >= 0.6 is 0 Å². The first-order valence-corrected chi connectivity index (χ1v) is 4.44. The van der Waals surface area contributed by atoms with E-state index in [4.69, 9.17) is 4.52 Å². The predicted molar refractivity (Wildman–Crippen MR) is 49.5 cm³/mol. The quantitative estimate of drug-likeness (QED) is 0.656. The molecule has 0 aliphatic rings. The number of carbonyl (C=O) groups excluding carboxylic acids is 1. The Labute approximate surface area is 82.1 Å². The van der Waals surface area contributed by atoms with Crippen LogP contribution < -0.4 is 10.6 Å². The highest BCUT2D eigenvalue weighted by atomic mass is 16.5. The molecule has 1 aromatic rings. The van der Waals surface area contributed by atoms with Crippen LogP contribution in [0, 0.1) is 0 Å². The van der Waals surface area contributed by atoms with Crippen molar-refractivity contribution in [3.63, 3.8) is 0 Å². The molecule has 0 bridgehead atoms. The van der Waals surface area contributed by atoms with Crippen LogP contribution in [0.3, 0.4) is 0 Å². The first-order chi connectivity index (χ1) is 6.74. The van der Waals surface area contributed by atoms with Crippen molar-refractivity contribution in [3.8, 4) is 0 Å². The van der Waals surface area contributed by atoms with Crippen molar-refractivity contribution in [2.24, 2.45) is 0 Å². The zero-order chi connectivity index (χ0) is 10.4. The van der Waals surface area contributed by atoms with Gasteiger partial charge in [0.05, 0.1) is 6.04 Å². The van der Waals surface area contributed by atoms with Gasteiger partial charge >= 0.3 is 0 Å². The SMILES string of the molecule is CNC(=O)C(C)NCCc1ncno1. The molecule has 1 rings (SSSR count). The molecular formula is C8H14N4O2. The summed E-state index contributed by atoms with van der Waals surface area (Å²) < 4.78 is 4.80. The van der Waals surface area contributed by atoms with E-state index in [1.807, 2.05) is 0 Å². The van der Waals surface area contributed by atoms with Gasteiger partial charge in [-0.15, -0.1) is 0 Å². The van der Waals surface area contributed by atoms with E-state index in [0.717, 1.165) is 0 Å². The third-order valence-corrected chi connectivity index (χ3v) is 1.84. The molecule has 0 aromatic carbocycles. The maximum absolute atomic E-state index is 11.1. The lowest BCUT2D eigenvalue weighted by Crippen LogP contribution is -2.41. The molecule has 0 fully saturated rings. The van der Waals surface area contributed by atoms with Gasteiger partial charge < -0.3 is 15.2 Å². The molecule has 14 heavy (non-hydrogen) atoms. The van der Waals surface area contributed by atoms with Crippen LogP contribution in [-0.2, 0) is 11.2 Å². The molecule has 1 amide bonds. The Morgan fingerprint density at radius 3 is 3.07 bits per heavy atom. The summed E-state index contributed by atoms with van der Waals surface area (Å²) in [5.41, 5.74) is 0. The van der Waals surface area contributed by atoms with E-state index in [1.165, 1.54) is 6.33 Å². The normalized spacial score (nSPS) is 12.4. The van der Waals surface area contributed by atoms with E-state index in [9.17, 15) is 4.79 Å². The van der Waals surface area contributed by atoms with Crippen molar-refractivity contribution < 1.29 is 9.32 Å². The molecule has 0 radical (unpaired) electrons. The average Bonchev–Trinajstić information content (AvgIpc) is 2.69. The summed E-state index contributed by atoms with van der Waals surface area (Å²) >= 11 is 0. The Morgan fingerprint density at radius 1 is 1.71 bits per heavy atom. The van der Waals surface area contributed by atoms with Crippen LogP contribution in [-0.4, -0.2) is 35.7 Å². The molecule has 1 atom stereocenters. The lowest BCUT2D eigenvalue weighted by atomic mass is 10.3. The largest absolute Gasteiger partial charge is 0.358 e. The first-order valence-electron chi connectivity index (χ1n) is 4.44. The predicted octanol–water partition coefficient (Wildman–Crippen LogP) is -0.664. The Morgan fingerprint density at radius 2 is 2.50 bits per heavy atom. The molecule has 2 N–H and O–H groups in total. The third kappa shape index (κ3) is 3.14. The summed E-state index contributed by atoms with van der Waals surface area (Å²) in [6.07, 6.45) is 1.98. The van der Waals surface area contributed by atoms with Crippen molar-refractivity contribution in [1.29, 1.82) is 0 Å². The Kier molecular flexibility index (Phi) is 4.06. The van der Waals surface area contributed by atoms with E-state index in [1.54, 1.807) is 14.0 Å². The maximum atomic E-state index is 11.1. The smallest absolute Gasteiger partial charge is 0.236 e. The van der Waals surface area contributed by atoms with E-state index >= 15 is 0 Å². The standard InChI is InChI=1S/C8H14N4O2/c1-6(8(13)9-2)10-4-3-7-11-5-12-14-7/h5-6,10H,3-4H2,1-2H3,(H,9,13). The van der Waals surface area contributed by atoms with Gasteiger partial charge in [-0.2, -0.15) is 4.98 Å². The second-order valence-electron chi connectivity index (χ2n) is 2.88. The number of amides is 1. The summed E-state index contributed by atoms with van der Waals surface area (Å²) in [5.74, 6) is 0.539. The van der Waals surface area contributed by atoms with E-state index in [2.05, 4.69) is 20.8 Å². The average molecular weight is 198 g/mol. The van der Waals surface area contributed by atoms with Crippen molar-refractivity contribution in [1.82, 2.24) is 20.8 Å². The monoisotopic (exact) mass is 198 g/mol. The summed E-state index contributed by atoms with van der Waals surface area (Å²) in [5, 5.41) is 9.07. The van der Waals surface area contributed by atoms with Crippen LogP contribution in [0.2, 0.25) is 0 Å². The zero-order valence-electron chi connectivity index (χ0n) is 8.28.